The van der Waals surface area contributed by atoms with E-state index in [1.165, 1.54) is 17.3 Å². The lowest BCUT2D eigenvalue weighted by Gasteiger charge is -2.16. The number of aromatic nitrogens is 4. The molecular weight excluding hydrogens is 366 g/mol. The molecule has 0 aliphatic rings. The summed E-state index contributed by atoms with van der Waals surface area (Å²) in [5.74, 6) is 8.43. The van der Waals surface area contributed by atoms with Crippen molar-refractivity contribution >= 4 is 23.1 Å². The van der Waals surface area contributed by atoms with E-state index in [4.69, 9.17) is 10.6 Å². The first kappa shape index (κ1) is 18.7. The molecule has 2 heterocycles. The molecule has 0 spiro atoms. The predicted octanol–water partition coefficient (Wildman–Crippen LogP) is 3.93. The van der Waals surface area contributed by atoms with Crippen molar-refractivity contribution in [3.8, 4) is 5.75 Å². The number of rotatable bonds is 6. The number of aryl methyl sites for hydroxylation is 1. The summed E-state index contributed by atoms with van der Waals surface area (Å²) in [5.41, 5.74) is 2.07. The molecule has 138 valence electrons. The molecular formula is C18H23N5OS2. The number of ether oxygens (including phenoxy) is 1. The fourth-order valence-electron chi connectivity index (χ4n) is 2.29. The number of nitrogens with two attached hydrogens (primary N) is 1. The van der Waals surface area contributed by atoms with E-state index in [9.17, 15) is 0 Å². The van der Waals surface area contributed by atoms with Crippen molar-refractivity contribution in [3.63, 3.8) is 0 Å². The van der Waals surface area contributed by atoms with E-state index in [0.717, 1.165) is 22.3 Å². The highest BCUT2D eigenvalue weighted by Crippen LogP contribution is 2.26. The van der Waals surface area contributed by atoms with Crippen LogP contribution >= 0.6 is 23.1 Å². The molecule has 1 aromatic carbocycles. The van der Waals surface area contributed by atoms with Crippen molar-refractivity contribution in [1.82, 2.24) is 19.9 Å². The molecule has 0 saturated carbocycles. The van der Waals surface area contributed by atoms with Gasteiger partial charge in [-0.1, -0.05) is 50.2 Å². The third kappa shape index (κ3) is 4.56. The van der Waals surface area contributed by atoms with E-state index in [1.807, 2.05) is 29.6 Å². The van der Waals surface area contributed by atoms with Gasteiger partial charge in [-0.3, -0.25) is 0 Å². The van der Waals surface area contributed by atoms with Gasteiger partial charge in [0.2, 0.25) is 5.16 Å². The molecule has 3 aromatic rings. The van der Waals surface area contributed by atoms with Crippen molar-refractivity contribution in [3.05, 3.63) is 51.7 Å². The number of thioether (sulfide) groups is 1. The van der Waals surface area contributed by atoms with Gasteiger partial charge in [-0.05, 0) is 19.1 Å². The third-order valence-electron chi connectivity index (χ3n) is 3.67. The molecule has 6 nitrogen and oxygen atoms in total. The second kappa shape index (κ2) is 7.67. The highest BCUT2D eigenvalue weighted by molar-refractivity contribution is 7.98. The summed E-state index contributed by atoms with van der Waals surface area (Å²) in [6, 6.07) is 8.02. The van der Waals surface area contributed by atoms with Crippen LogP contribution in [-0.4, -0.2) is 19.9 Å². The molecule has 2 N–H and O–H groups in total. The van der Waals surface area contributed by atoms with Gasteiger partial charge in [-0.25, -0.2) is 9.66 Å². The Bertz CT molecular complexity index is 865. The molecule has 0 radical (unpaired) electrons. The largest absolute Gasteiger partial charge is 0.486 e. The van der Waals surface area contributed by atoms with Crippen LogP contribution in [0.5, 0.6) is 5.75 Å². The van der Waals surface area contributed by atoms with Crippen molar-refractivity contribution in [2.45, 2.75) is 50.6 Å². The maximum absolute atomic E-state index is 6.11. The highest BCUT2D eigenvalue weighted by Gasteiger charge is 2.23. The Morgan fingerprint density at radius 1 is 1.19 bits per heavy atom. The minimum absolute atomic E-state index is 0.137. The zero-order valence-electron chi connectivity index (χ0n) is 15.4. The SMILES string of the molecule is Cc1ccc(OCc2nc(CSc3nnc(C(C)(C)C)n3N)cs2)cc1. The monoisotopic (exact) mass is 389 g/mol. The molecule has 8 heteroatoms. The van der Waals surface area contributed by atoms with Gasteiger partial charge in [0.15, 0.2) is 5.82 Å². The van der Waals surface area contributed by atoms with Crippen LogP contribution in [-0.2, 0) is 17.8 Å². The number of thiazole rings is 1. The molecule has 0 unspecified atom stereocenters. The van der Waals surface area contributed by atoms with Crippen LogP contribution in [0.4, 0.5) is 0 Å². The van der Waals surface area contributed by atoms with Gasteiger partial charge in [0.05, 0.1) is 5.69 Å². The van der Waals surface area contributed by atoms with E-state index in [-0.39, 0.29) is 5.41 Å². The molecule has 2 aromatic heterocycles. The lowest BCUT2D eigenvalue weighted by atomic mass is 9.96. The smallest absolute Gasteiger partial charge is 0.210 e. The van der Waals surface area contributed by atoms with Crippen LogP contribution in [0, 0.1) is 6.92 Å². The first-order valence-corrected chi connectivity index (χ1v) is 10.2. The topological polar surface area (TPSA) is 78.9 Å². The normalized spacial score (nSPS) is 11.7. The second-order valence-corrected chi connectivity index (χ2v) is 8.93. The summed E-state index contributed by atoms with van der Waals surface area (Å²) < 4.78 is 7.35. The Morgan fingerprint density at radius 2 is 1.92 bits per heavy atom. The van der Waals surface area contributed by atoms with Gasteiger partial charge in [0, 0.05) is 16.5 Å². The molecule has 0 amide bonds. The number of hydrogen-bond acceptors (Lipinski definition) is 7. The maximum Gasteiger partial charge on any atom is 0.210 e. The van der Waals surface area contributed by atoms with E-state index in [1.54, 1.807) is 16.0 Å². The molecule has 0 fully saturated rings. The minimum atomic E-state index is -0.137. The van der Waals surface area contributed by atoms with Gasteiger partial charge < -0.3 is 10.6 Å². The van der Waals surface area contributed by atoms with Crippen molar-refractivity contribution < 1.29 is 4.74 Å². The van der Waals surface area contributed by atoms with E-state index >= 15 is 0 Å². The minimum Gasteiger partial charge on any atom is -0.486 e. The fourth-order valence-corrected chi connectivity index (χ4v) is 3.85. The first-order chi connectivity index (χ1) is 12.3. The summed E-state index contributed by atoms with van der Waals surface area (Å²) in [6.45, 7) is 8.72. The number of nitrogen functional groups attached to an aromatic ring is 1. The lowest BCUT2D eigenvalue weighted by molar-refractivity contribution is 0.305. The van der Waals surface area contributed by atoms with Gasteiger partial charge in [0.1, 0.15) is 17.4 Å². The average molecular weight is 390 g/mol. The highest BCUT2D eigenvalue weighted by atomic mass is 32.2. The summed E-state index contributed by atoms with van der Waals surface area (Å²) in [4.78, 5) is 4.62. The summed E-state index contributed by atoms with van der Waals surface area (Å²) in [5, 5.41) is 12.1. The molecule has 0 atom stereocenters. The Labute approximate surface area is 161 Å². The van der Waals surface area contributed by atoms with Gasteiger partial charge in [-0.15, -0.1) is 21.5 Å². The Hall–Kier alpha value is -2.06. The van der Waals surface area contributed by atoms with Crippen LogP contribution in [0.15, 0.2) is 34.8 Å². The third-order valence-corrected chi connectivity index (χ3v) is 5.51. The van der Waals surface area contributed by atoms with Crippen molar-refractivity contribution in [1.29, 1.82) is 0 Å². The van der Waals surface area contributed by atoms with Crippen molar-refractivity contribution in [2.75, 3.05) is 5.84 Å². The Morgan fingerprint density at radius 3 is 2.58 bits per heavy atom. The predicted molar refractivity (Wildman–Crippen MR) is 106 cm³/mol. The van der Waals surface area contributed by atoms with E-state index < -0.39 is 0 Å². The standard InChI is InChI=1S/C18H23N5OS2/c1-12-5-7-14(8-6-12)24-9-15-20-13(10-25-15)11-26-17-22-21-16(23(17)19)18(2,3)4/h5-8,10H,9,11,19H2,1-4H3. The average Bonchev–Trinajstić information content (AvgIpc) is 3.18. The van der Waals surface area contributed by atoms with Crippen LogP contribution in [0.25, 0.3) is 0 Å². The number of nitrogens with zero attached hydrogens (tertiary/aromatic N) is 4. The molecule has 0 aliphatic carbocycles. The fraction of sp³-hybridized carbons (Fsp3) is 0.389. The second-order valence-electron chi connectivity index (χ2n) is 7.05. The zero-order chi connectivity index (χ0) is 18.7. The molecule has 0 aliphatic heterocycles. The van der Waals surface area contributed by atoms with E-state index in [0.29, 0.717) is 17.5 Å². The first-order valence-electron chi connectivity index (χ1n) is 8.29. The summed E-state index contributed by atoms with van der Waals surface area (Å²) in [6.07, 6.45) is 0. The van der Waals surface area contributed by atoms with Crippen LogP contribution in [0.2, 0.25) is 0 Å². The Kier molecular flexibility index (Phi) is 5.52. The number of benzene rings is 1. The molecule has 0 bridgehead atoms. The van der Waals surface area contributed by atoms with Crippen LogP contribution < -0.4 is 10.6 Å². The lowest BCUT2D eigenvalue weighted by Crippen LogP contribution is -2.24. The zero-order valence-corrected chi connectivity index (χ0v) is 17.0. The van der Waals surface area contributed by atoms with Crippen molar-refractivity contribution in [2.24, 2.45) is 0 Å². The van der Waals surface area contributed by atoms with Gasteiger partial charge >= 0.3 is 0 Å². The quantitative estimate of drug-likeness (QED) is 0.508. The van der Waals surface area contributed by atoms with Crippen LogP contribution in [0.3, 0.4) is 0 Å². The molecule has 3 rings (SSSR count). The van der Waals surface area contributed by atoms with Gasteiger partial charge in [-0.2, -0.15) is 0 Å². The Balaban J connectivity index is 1.55. The summed E-state index contributed by atoms with van der Waals surface area (Å²) in [7, 11) is 0. The maximum atomic E-state index is 6.11. The van der Waals surface area contributed by atoms with Crippen LogP contribution in [0.1, 0.15) is 42.9 Å². The molecule has 0 saturated heterocycles. The summed E-state index contributed by atoms with van der Waals surface area (Å²) >= 11 is 3.13. The van der Waals surface area contributed by atoms with E-state index in [2.05, 4.69) is 42.9 Å². The van der Waals surface area contributed by atoms with Gasteiger partial charge in [0.25, 0.3) is 0 Å². The molecule has 26 heavy (non-hydrogen) atoms. The number of hydrogen-bond donors (Lipinski definition) is 1.